The van der Waals surface area contributed by atoms with E-state index in [2.05, 4.69) is 5.10 Å². The van der Waals surface area contributed by atoms with Gasteiger partial charge in [0.25, 0.3) is 0 Å². The molecule has 0 fully saturated rings. The van der Waals surface area contributed by atoms with Crippen LogP contribution in [0.1, 0.15) is 19.0 Å². The van der Waals surface area contributed by atoms with E-state index in [1.54, 1.807) is 10.7 Å². The molecule has 3 N–H and O–H groups in total. The lowest BCUT2D eigenvalue weighted by Crippen LogP contribution is -2.02. The average molecular weight is 183 g/mol. The zero-order chi connectivity index (χ0) is 9.84. The highest BCUT2D eigenvalue weighted by atomic mass is 16.4. The van der Waals surface area contributed by atoms with Crippen molar-refractivity contribution in [1.29, 1.82) is 0 Å². The standard InChI is InChI=1S/C8H13N3O2/c1-2-11-7(9)5-6(10-11)3-4-8(12)13/h5H,2-4,9H2,1H3,(H,12,13). The first-order valence-corrected chi connectivity index (χ1v) is 4.17. The Morgan fingerprint density at radius 2 is 2.46 bits per heavy atom. The van der Waals surface area contributed by atoms with E-state index in [0.717, 1.165) is 5.69 Å². The summed E-state index contributed by atoms with van der Waals surface area (Å²) in [4.78, 5) is 10.3. The van der Waals surface area contributed by atoms with Gasteiger partial charge in [-0.25, -0.2) is 0 Å². The summed E-state index contributed by atoms with van der Waals surface area (Å²) in [5.74, 6) is -0.229. The molecule has 5 nitrogen and oxygen atoms in total. The summed E-state index contributed by atoms with van der Waals surface area (Å²) in [6, 6.07) is 1.71. The molecule has 0 saturated carbocycles. The van der Waals surface area contributed by atoms with Crippen LogP contribution in [0.3, 0.4) is 0 Å². The van der Waals surface area contributed by atoms with Crippen molar-refractivity contribution in [3.8, 4) is 0 Å². The van der Waals surface area contributed by atoms with Gasteiger partial charge in [0.2, 0.25) is 0 Å². The second-order valence-corrected chi connectivity index (χ2v) is 2.77. The molecule has 0 spiro atoms. The molecule has 0 aliphatic heterocycles. The summed E-state index contributed by atoms with van der Waals surface area (Å²) in [5, 5.41) is 12.6. The number of hydrogen-bond acceptors (Lipinski definition) is 3. The van der Waals surface area contributed by atoms with Crippen LogP contribution in [0, 0.1) is 0 Å². The molecule has 1 aromatic heterocycles. The first kappa shape index (κ1) is 9.57. The molecule has 0 bridgehead atoms. The van der Waals surface area contributed by atoms with Crippen LogP contribution in [0.15, 0.2) is 6.07 Å². The molecule has 0 aliphatic carbocycles. The number of rotatable bonds is 4. The van der Waals surface area contributed by atoms with Crippen molar-refractivity contribution in [3.05, 3.63) is 11.8 Å². The minimum Gasteiger partial charge on any atom is -0.481 e. The van der Waals surface area contributed by atoms with Crippen LogP contribution in [0.25, 0.3) is 0 Å². The fourth-order valence-corrected chi connectivity index (χ4v) is 1.10. The Labute approximate surface area is 76.2 Å². The van der Waals surface area contributed by atoms with Crippen molar-refractivity contribution in [2.75, 3.05) is 5.73 Å². The van der Waals surface area contributed by atoms with Crippen molar-refractivity contribution in [2.45, 2.75) is 26.3 Å². The molecular weight excluding hydrogens is 170 g/mol. The fraction of sp³-hybridized carbons (Fsp3) is 0.500. The number of anilines is 1. The molecule has 0 radical (unpaired) electrons. The normalized spacial score (nSPS) is 10.2. The van der Waals surface area contributed by atoms with E-state index in [0.29, 0.717) is 18.8 Å². The third-order valence-electron chi connectivity index (χ3n) is 1.76. The number of hydrogen-bond donors (Lipinski definition) is 2. The first-order valence-electron chi connectivity index (χ1n) is 4.17. The third kappa shape index (κ3) is 2.47. The van der Waals surface area contributed by atoms with Crippen LogP contribution in [0.4, 0.5) is 5.82 Å². The molecule has 0 amide bonds. The molecule has 0 aromatic carbocycles. The fourth-order valence-electron chi connectivity index (χ4n) is 1.10. The van der Waals surface area contributed by atoms with Gasteiger partial charge in [-0.2, -0.15) is 5.10 Å². The molecule has 1 rings (SSSR count). The van der Waals surface area contributed by atoms with E-state index in [1.165, 1.54) is 0 Å². The molecule has 1 aromatic rings. The smallest absolute Gasteiger partial charge is 0.303 e. The van der Waals surface area contributed by atoms with Gasteiger partial charge < -0.3 is 10.8 Å². The van der Waals surface area contributed by atoms with Gasteiger partial charge >= 0.3 is 5.97 Å². The van der Waals surface area contributed by atoms with Gasteiger partial charge in [-0.15, -0.1) is 0 Å². The molecule has 1 heterocycles. The molecule has 13 heavy (non-hydrogen) atoms. The maximum atomic E-state index is 10.3. The Kier molecular flexibility index (Phi) is 2.89. The Morgan fingerprint density at radius 1 is 1.77 bits per heavy atom. The quantitative estimate of drug-likeness (QED) is 0.712. The van der Waals surface area contributed by atoms with Crippen LogP contribution < -0.4 is 5.73 Å². The van der Waals surface area contributed by atoms with Crippen molar-refractivity contribution < 1.29 is 9.90 Å². The van der Waals surface area contributed by atoms with Gasteiger partial charge in [-0.3, -0.25) is 9.48 Å². The van der Waals surface area contributed by atoms with E-state index < -0.39 is 5.97 Å². The summed E-state index contributed by atoms with van der Waals surface area (Å²) in [6.07, 6.45) is 0.534. The zero-order valence-corrected chi connectivity index (χ0v) is 7.53. The number of carboxylic acid groups (broad SMARTS) is 1. The SMILES string of the molecule is CCn1nc(CCC(=O)O)cc1N. The average Bonchev–Trinajstić information content (AvgIpc) is 2.43. The van der Waals surface area contributed by atoms with E-state index in [-0.39, 0.29) is 6.42 Å². The van der Waals surface area contributed by atoms with E-state index in [9.17, 15) is 4.79 Å². The maximum absolute atomic E-state index is 10.3. The molecule has 0 saturated heterocycles. The van der Waals surface area contributed by atoms with E-state index in [1.807, 2.05) is 6.92 Å². The number of aromatic nitrogens is 2. The lowest BCUT2D eigenvalue weighted by Gasteiger charge is -1.95. The Bertz CT molecular complexity index is 306. The number of aryl methyl sites for hydroxylation is 2. The van der Waals surface area contributed by atoms with Crippen molar-refractivity contribution in [2.24, 2.45) is 0 Å². The second-order valence-electron chi connectivity index (χ2n) is 2.77. The second kappa shape index (κ2) is 3.93. The minimum absolute atomic E-state index is 0.0974. The third-order valence-corrected chi connectivity index (χ3v) is 1.76. The van der Waals surface area contributed by atoms with Crippen molar-refractivity contribution >= 4 is 11.8 Å². The van der Waals surface area contributed by atoms with Crippen molar-refractivity contribution in [1.82, 2.24) is 9.78 Å². The van der Waals surface area contributed by atoms with Gasteiger partial charge in [0.05, 0.1) is 12.1 Å². The molecule has 5 heteroatoms. The molecule has 0 atom stereocenters. The number of carboxylic acids is 1. The van der Waals surface area contributed by atoms with Gasteiger partial charge in [-0.05, 0) is 6.92 Å². The van der Waals surface area contributed by atoms with E-state index >= 15 is 0 Å². The molecular formula is C8H13N3O2. The minimum atomic E-state index is -0.815. The summed E-state index contributed by atoms with van der Waals surface area (Å²) in [6.45, 7) is 2.64. The number of nitrogens with two attached hydrogens (primary N) is 1. The first-order chi connectivity index (χ1) is 6.13. The van der Waals surface area contributed by atoms with Crippen molar-refractivity contribution in [3.63, 3.8) is 0 Å². The highest BCUT2D eigenvalue weighted by molar-refractivity contribution is 5.67. The molecule has 0 unspecified atom stereocenters. The lowest BCUT2D eigenvalue weighted by molar-refractivity contribution is -0.136. The van der Waals surface area contributed by atoms with Crippen LogP contribution in [-0.2, 0) is 17.8 Å². The monoisotopic (exact) mass is 183 g/mol. The van der Waals surface area contributed by atoms with Gasteiger partial charge in [-0.1, -0.05) is 0 Å². The molecule has 72 valence electrons. The number of nitrogen functional groups attached to an aromatic ring is 1. The number of carbonyl (C=O) groups is 1. The topological polar surface area (TPSA) is 81.1 Å². The predicted octanol–water partition coefficient (Wildman–Crippen LogP) is 0.502. The van der Waals surface area contributed by atoms with Gasteiger partial charge in [0.1, 0.15) is 5.82 Å². The van der Waals surface area contributed by atoms with Gasteiger partial charge in [0, 0.05) is 19.0 Å². The zero-order valence-electron chi connectivity index (χ0n) is 7.53. The Morgan fingerprint density at radius 3 is 2.92 bits per heavy atom. The maximum Gasteiger partial charge on any atom is 0.303 e. The highest BCUT2D eigenvalue weighted by Crippen LogP contribution is 2.07. The van der Waals surface area contributed by atoms with E-state index in [4.69, 9.17) is 10.8 Å². The number of nitrogens with zero attached hydrogens (tertiary/aromatic N) is 2. The summed E-state index contributed by atoms with van der Waals surface area (Å²) in [7, 11) is 0. The predicted molar refractivity (Wildman–Crippen MR) is 48.3 cm³/mol. The summed E-state index contributed by atoms with van der Waals surface area (Å²) < 4.78 is 1.65. The van der Waals surface area contributed by atoms with Crippen LogP contribution in [0.5, 0.6) is 0 Å². The van der Waals surface area contributed by atoms with Gasteiger partial charge in [0.15, 0.2) is 0 Å². The van der Waals surface area contributed by atoms with Crippen LogP contribution in [0.2, 0.25) is 0 Å². The molecule has 0 aliphatic rings. The van der Waals surface area contributed by atoms with Crippen LogP contribution in [-0.4, -0.2) is 20.9 Å². The highest BCUT2D eigenvalue weighted by Gasteiger charge is 2.05. The summed E-state index contributed by atoms with van der Waals surface area (Å²) in [5.41, 5.74) is 6.35. The Balaban J connectivity index is 2.62. The largest absolute Gasteiger partial charge is 0.481 e. The Hall–Kier alpha value is -1.52. The summed E-state index contributed by atoms with van der Waals surface area (Å²) >= 11 is 0. The number of aliphatic carboxylic acids is 1. The van der Waals surface area contributed by atoms with Crippen LogP contribution >= 0.6 is 0 Å². The lowest BCUT2D eigenvalue weighted by atomic mass is 10.2.